The molecule has 1 aliphatic heterocycles. The summed E-state index contributed by atoms with van der Waals surface area (Å²) in [6.07, 6.45) is 4.31. The number of hydrogen-bond acceptors (Lipinski definition) is 4. The number of amides is 2. The van der Waals surface area contributed by atoms with Crippen LogP contribution in [0.25, 0.3) is 0 Å². The largest absolute Gasteiger partial charge is 0.338 e. The summed E-state index contributed by atoms with van der Waals surface area (Å²) in [5.41, 5.74) is 1.21. The van der Waals surface area contributed by atoms with E-state index in [-0.39, 0.29) is 6.03 Å². The van der Waals surface area contributed by atoms with Crippen molar-refractivity contribution in [1.29, 1.82) is 0 Å². The fraction of sp³-hybridized carbons (Fsp3) is 0.353. The molecule has 2 heterocycles. The molecule has 1 N–H and O–H groups in total. The molecule has 0 aliphatic carbocycles. The molecule has 2 aromatic rings. The van der Waals surface area contributed by atoms with E-state index in [1.165, 1.54) is 5.56 Å². The third-order valence-electron chi connectivity index (χ3n) is 4.01. The van der Waals surface area contributed by atoms with Crippen molar-refractivity contribution in [3.05, 3.63) is 52.8 Å². The van der Waals surface area contributed by atoms with Crippen molar-refractivity contribution in [2.45, 2.75) is 6.42 Å². The highest BCUT2D eigenvalue weighted by atomic mass is 79.9. The number of nitrogens with one attached hydrogen (secondary N) is 1. The highest BCUT2D eigenvalue weighted by molar-refractivity contribution is 9.10. The van der Waals surface area contributed by atoms with E-state index in [2.05, 4.69) is 48.2 Å². The predicted molar refractivity (Wildman–Crippen MR) is 97.1 cm³/mol. The minimum Gasteiger partial charge on any atom is -0.338 e. The van der Waals surface area contributed by atoms with Crippen LogP contribution < -0.4 is 10.2 Å². The third kappa shape index (κ3) is 4.44. The summed E-state index contributed by atoms with van der Waals surface area (Å²) >= 11 is 3.42. The van der Waals surface area contributed by atoms with Crippen LogP contribution in [0.1, 0.15) is 5.56 Å². The second kappa shape index (κ2) is 8.10. The standard InChI is InChI=1S/C17H20BrN5O/c18-15-4-2-14(3-5-15)6-9-21-17(24)23-12-10-22(11-13-23)16-19-7-1-8-20-16/h1-5,7-8H,6,9-13H2,(H,21,24). The summed E-state index contributed by atoms with van der Waals surface area (Å²) in [4.78, 5) is 24.7. The van der Waals surface area contributed by atoms with Crippen molar-refractivity contribution in [1.82, 2.24) is 20.2 Å². The van der Waals surface area contributed by atoms with Crippen LogP contribution in [0, 0.1) is 0 Å². The number of rotatable bonds is 4. The first kappa shape index (κ1) is 16.7. The maximum Gasteiger partial charge on any atom is 0.317 e. The number of halogens is 1. The van der Waals surface area contributed by atoms with Crippen LogP contribution in [0.3, 0.4) is 0 Å². The van der Waals surface area contributed by atoms with E-state index in [9.17, 15) is 4.79 Å². The van der Waals surface area contributed by atoms with Gasteiger partial charge in [-0.1, -0.05) is 28.1 Å². The number of carbonyl (C=O) groups excluding carboxylic acids is 1. The van der Waals surface area contributed by atoms with Crippen molar-refractivity contribution in [2.24, 2.45) is 0 Å². The molecule has 0 saturated carbocycles. The van der Waals surface area contributed by atoms with Crippen LogP contribution in [0.5, 0.6) is 0 Å². The molecule has 1 fully saturated rings. The molecule has 1 saturated heterocycles. The second-order valence-electron chi connectivity index (χ2n) is 5.63. The predicted octanol–water partition coefficient (Wildman–Crippen LogP) is 2.31. The highest BCUT2D eigenvalue weighted by Gasteiger charge is 2.21. The van der Waals surface area contributed by atoms with Crippen LogP contribution in [-0.4, -0.2) is 53.6 Å². The van der Waals surface area contributed by atoms with Gasteiger partial charge in [0.2, 0.25) is 5.95 Å². The molecular weight excluding hydrogens is 370 g/mol. The van der Waals surface area contributed by atoms with Gasteiger partial charge < -0.3 is 15.1 Å². The van der Waals surface area contributed by atoms with Crippen molar-refractivity contribution in [3.8, 4) is 0 Å². The molecule has 1 aliphatic rings. The first-order valence-electron chi connectivity index (χ1n) is 8.01. The van der Waals surface area contributed by atoms with Gasteiger partial charge in [-0.05, 0) is 30.2 Å². The topological polar surface area (TPSA) is 61.4 Å². The lowest BCUT2D eigenvalue weighted by Crippen LogP contribution is -2.52. The van der Waals surface area contributed by atoms with Gasteiger partial charge in [0.15, 0.2) is 0 Å². The van der Waals surface area contributed by atoms with Crippen LogP contribution in [-0.2, 0) is 6.42 Å². The van der Waals surface area contributed by atoms with Gasteiger partial charge in [0, 0.05) is 49.6 Å². The van der Waals surface area contributed by atoms with Gasteiger partial charge in [-0.3, -0.25) is 0 Å². The Morgan fingerprint density at radius 1 is 1.08 bits per heavy atom. The highest BCUT2D eigenvalue weighted by Crippen LogP contribution is 2.11. The SMILES string of the molecule is O=C(NCCc1ccc(Br)cc1)N1CCN(c2ncccn2)CC1. The second-order valence-corrected chi connectivity index (χ2v) is 6.55. The number of nitrogens with zero attached hydrogens (tertiary/aromatic N) is 4. The molecule has 0 spiro atoms. The quantitative estimate of drug-likeness (QED) is 0.871. The van der Waals surface area contributed by atoms with Crippen LogP contribution in [0.2, 0.25) is 0 Å². The Bertz CT molecular complexity index is 656. The maximum absolute atomic E-state index is 12.2. The average Bonchev–Trinajstić information content (AvgIpc) is 2.64. The lowest BCUT2D eigenvalue weighted by atomic mass is 10.1. The Hall–Kier alpha value is -2.15. The molecule has 6 nitrogen and oxygen atoms in total. The van der Waals surface area contributed by atoms with Crippen molar-refractivity contribution < 1.29 is 4.79 Å². The third-order valence-corrected chi connectivity index (χ3v) is 4.53. The summed E-state index contributed by atoms with van der Waals surface area (Å²) in [5, 5.41) is 3.00. The van der Waals surface area contributed by atoms with Crippen molar-refractivity contribution >= 4 is 27.9 Å². The van der Waals surface area contributed by atoms with Crippen LogP contribution >= 0.6 is 15.9 Å². The smallest absolute Gasteiger partial charge is 0.317 e. The van der Waals surface area contributed by atoms with Gasteiger partial charge in [-0.15, -0.1) is 0 Å². The number of hydrogen-bond donors (Lipinski definition) is 1. The maximum atomic E-state index is 12.2. The van der Waals surface area contributed by atoms with Crippen LogP contribution in [0.15, 0.2) is 47.2 Å². The normalized spacial score (nSPS) is 14.5. The Labute approximate surface area is 150 Å². The summed E-state index contributed by atoms with van der Waals surface area (Å²) in [6.45, 7) is 3.52. The number of anilines is 1. The molecule has 1 aromatic heterocycles. The van der Waals surface area contributed by atoms with Gasteiger partial charge in [0.1, 0.15) is 0 Å². The monoisotopic (exact) mass is 389 g/mol. The fourth-order valence-electron chi connectivity index (χ4n) is 2.64. The van der Waals surface area contributed by atoms with E-state index in [4.69, 9.17) is 0 Å². The van der Waals surface area contributed by atoms with E-state index >= 15 is 0 Å². The summed E-state index contributed by atoms with van der Waals surface area (Å²) in [6, 6.07) is 9.97. The molecule has 3 rings (SSSR count). The molecule has 0 radical (unpaired) electrons. The van der Waals surface area contributed by atoms with E-state index in [0.29, 0.717) is 19.6 Å². The fourth-order valence-corrected chi connectivity index (χ4v) is 2.91. The van der Waals surface area contributed by atoms with Gasteiger partial charge in [0.25, 0.3) is 0 Å². The summed E-state index contributed by atoms with van der Waals surface area (Å²) in [7, 11) is 0. The minimum atomic E-state index is 0.000687. The Morgan fingerprint density at radius 3 is 2.42 bits per heavy atom. The zero-order valence-electron chi connectivity index (χ0n) is 13.4. The Balaban J connectivity index is 1.41. The van der Waals surface area contributed by atoms with Gasteiger partial charge >= 0.3 is 6.03 Å². The lowest BCUT2D eigenvalue weighted by Gasteiger charge is -2.34. The molecule has 2 amide bonds. The van der Waals surface area contributed by atoms with Gasteiger partial charge in [-0.25, -0.2) is 14.8 Å². The number of aromatic nitrogens is 2. The van der Waals surface area contributed by atoms with Gasteiger partial charge in [-0.2, -0.15) is 0 Å². The van der Waals surface area contributed by atoms with E-state index < -0.39 is 0 Å². The zero-order valence-corrected chi connectivity index (χ0v) is 14.9. The molecular formula is C17H20BrN5O. The first-order valence-corrected chi connectivity index (χ1v) is 8.81. The minimum absolute atomic E-state index is 0.000687. The Morgan fingerprint density at radius 2 is 1.75 bits per heavy atom. The average molecular weight is 390 g/mol. The zero-order chi connectivity index (χ0) is 16.8. The van der Waals surface area contributed by atoms with Crippen LogP contribution in [0.4, 0.5) is 10.7 Å². The number of urea groups is 1. The first-order chi connectivity index (χ1) is 11.7. The van der Waals surface area contributed by atoms with Crippen molar-refractivity contribution in [2.75, 3.05) is 37.6 Å². The molecule has 0 atom stereocenters. The lowest BCUT2D eigenvalue weighted by molar-refractivity contribution is 0.194. The Kier molecular flexibility index (Phi) is 5.63. The molecule has 0 bridgehead atoms. The van der Waals surface area contributed by atoms with E-state index in [1.807, 2.05) is 17.0 Å². The molecule has 1 aromatic carbocycles. The van der Waals surface area contributed by atoms with E-state index in [0.717, 1.165) is 29.9 Å². The van der Waals surface area contributed by atoms with Gasteiger partial charge in [0.05, 0.1) is 0 Å². The number of benzene rings is 1. The number of piperazine rings is 1. The molecule has 7 heteroatoms. The van der Waals surface area contributed by atoms with E-state index in [1.54, 1.807) is 18.5 Å². The molecule has 0 unspecified atom stereocenters. The summed E-state index contributed by atoms with van der Waals surface area (Å²) < 4.78 is 1.07. The van der Waals surface area contributed by atoms with Crippen molar-refractivity contribution in [3.63, 3.8) is 0 Å². The molecule has 24 heavy (non-hydrogen) atoms. The molecule has 126 valence electrons. The summed E-state index contributed by atoms with van der Waals surface area (Å²) in [5.74, 6) is 0.729. The number of carbonyl (C=O) groups is 1.